The zero-order chi connectivity index (χ0) is 50.7. The van der Waals surface area contributed by atoms with Crippen LogP contribution in [0.3, 0.4) is 0 Å². The number of carbonyl (C=O) groups is 8. The first-order chi connectivity index (χ1) is 29.9. The molecule has 18 heteroatoms. The molecule has 0 aliphatic carbocycles. The van der Waals surface area contributed by atoms with Gasteiger partial charge < -0.3 is 37.9 Å². The van der Waals surface area contributed by atoms with E-state index in [2.05, 4.69) is 0 Å². The SMILES string of the molecule is CC(C)(C)OC(=O)C(C)(C)CC(C)(CSCCC(=O)OC(C)(C)CCC(C)(C)OC(=O)CCSCC(C)(CC(C)(C)C(=O)OC1CCOC1=O)C(=O)OC(C)(C)C)C(=O)OC1CCOC1=O. The highest BCUT2D eigenvalue weighted by Gasteiger charge is 2.48. The first-order valence-corrected chi connectivity index (χ1v) is 25.0. The summed E-state index contributed by atoms with van der Waals surface area (Å²) in [4.78, 5) is 104. The van der Waals surface area contributed by atoms with Gasteiger partial charge in [-0.1, -0.05) is 0 Å². The molecular weight excluding hydrogens is 897 g/mol. The van der Waals surface area contributed by atoms with Gasteiger partial charge in [0.15, 0.2) is 0 Å². The lowest BCUT2D eigenvalue weighted by Crippen LogP contribution is -2.43. The first kappa shape index (κ1) is 58.6. The van der Waals surface area contributed by atoms with Crippen LogP contribution in [0, 0.1) is 21.7 Å². The largest absolute Gasteiger partial charge is 0.463 e. The second kappa shape index (κ2) is 23.2. The van der Waals surface area contributed by atoms with Crippen LogP contribution >= 0.6 is 23.5 Å². The third-order valence-corrected chi connectivity index (χ3v) is 13.3. The normalized spacial score (nSPS) is 19.1. The average molecular weight is 975 g/mol. The van der Waals surface area contributed by atoms with Crippen molar-refractivity contribution in [2.45, 2.75) is 197 Å². The van der Waals surface area contributed by atoms with E-state index < -0.39 is 104 Å². The van der Waals surface area contributed by atoms with Gasteiger partial charge in [0.05, 0.1) is 47.7 Å². The Morgan fingerprint density at radius 2 is 0.848 bits per heavy atom. The molecular formula is C48H78O16S2. The van der Waals surface area contributed by atoms with Gasteiger partial charge in [0.2, 0.25) is 12.2 Å². The highest BCUT2D eigenvalue weighted by Crippen LogP contribution is 2.42. The molecule has 2 aliphatic heterocycles. The topological polar surface area (TPSA) is 210 Å². The fraction of sp³-hybridized carbons (Fsp3) is 0.833. The molecule has 0 bridgehead atoms. The molecule has 0 saturated carbocycles. The molecule has 2 fully saturated rings. The Balaban J connectivity index is 1.93. The summed E-state index contributed by atoms with van der Waals surface area (Å²) >= 11 is 2.68. The first-order valence-electron chi connectivity index (χ1n) is 22.7. The lowest BCUT2D eigenvalue weighted by Gasteiger charge is -2.36. The van der Waals surface area contributed by atoms with Crippen molar-refractivity contribution in [3.8, 4) is 0 Å². The maximum atomic E-state index is 13.6. The molecule has 0 aromatic heterocycles. The van der Waals surface area contributed by atoms with Crippen LogP contribution in [0.25, 0.3) is 0 Å². The lowest BCUT2D eigenvalue weighted by molar-refractivity contribution is -0.174. The quantitative estimate of drug-likeness (QED) is 0.0483. The van der Waals surface area contributed by atoms with Crippen molar-refractivity contribution in [1.82, 2.24) is 0 Å². The van der Waals surface area contributed by atoms with Gasteiger partial charge in [-0.3, -0.25) is 28.8 Å². The van der Waals surface area contributed by atoms with E-state index >= 15 is 0 Å². The summed E-state index contributed by atoms with van der Waals surface area (Å²) in [5.41, 5.74) is -7.94. The second-order valence-corrected chi connectivity index (χ2v) is 24.7. The van der Waals surface area contributed by atoms with E-state index in [0.717, 1.165) is 0 Å². The van der Waals surface area contributed by atoms with Gasteiger partial charge in [-0.25, -0.2) is 9.59 Å². The molecule has 2 heterocycles. The van der Waals surface area contributed by atoms with Crippen LogP contribution in [-0.2, 0) is 76.3 Å². The monoisotopic (exact) mass is 974 g/mol. The average Bonchev–Trinajstić information content (AvgIpc) is 3.75. The van der Waals surface area contributed by atoms with Gasteiger partial charge in [0, 0.05) is 35.9 Å². The standard InChI is InChI=1S/C48H78O16S2/c1-41(2,3)63-38(54)44(9,10)28-47(15,39(55)60-32-18-24-58-36(32)52)29-65-25-19-33(49)61-45(11,12)21-22-46(13,14)62-34(50)20-26-66-30-48(16,40(56)64-42(4,5)6)27-43(7,8)37(53)59-31-17-23-57-35(31)51/h31-32H,17-30H2,1-16H3. The summed E-state index contributed by atoms with van der Waals surface area (Å²) in [6.45, 7) is 28.1. The van der Waals surface area contributed by atoms with Gasteiger partial charge in [-0.05, 0) is 136 Å². The van der Waals surface area contributed by atoms with E-state index in [1.165, 1.54) is 23.5 Å². The highest BCUT2D eigenvalue weighted by atomic mass is 32.2. The molecule has 0 aromatic rings. The minimum absolute atomic E-state index is 0.0329. The summed E-state index contributed by atoms with van der Waals surface area (Å²) in [6, 6.07) is 0. The van der Waals surface area contributed by atoms with E-state index in [1.54, 1.807) is 111 Å². The summed E-state index contributed by atoms with van der Waals surface area (Å²) in [5.74, 6) is -3.31. The van der Waals surface area contributed by atoms with Crippen molar-refractivity contribution >= 4 is 71.3 Å². The Labute approximate surface area is 400 Å². The van der Waals surface area contributed by atoms with Crippen LogP contribution < -0.4 is 0 Å². The van der Waals surface area contributed by atoms with Crippen molar-refractivity contribution in [2.75, 3.05) is 36.2 Å². The van der Waals surface area contributed by atoms with E-state index in [-0.39, 0.29) is 63.2 Å². The number of thioether (sulfide) groups is 2. The van der Waals surface area contributed by atoms with Crippen molar-refractivity contribution in [3.63, 3.8) is 0 Å². The summed E-state index contributed by atoms with van der Waals surface area (Å²) in [6.07, 6.45) is -0.523. The number of hydrogen-bond acceptors (Lipinski definition) is 18. The van der Waals surface area contributed by atoms with Crippen LogP contribution in [-0.4, -0.2) is 119 Å². The molecule has 0 radical (unpaired) electrons. The molecule has 0 N–H and O–H groups in total. The number of carbonyl (C=O) groups excluding carboxylic acids is 8. The predicted molar refractivity (Wildman–Crippen MR) is 249 cm³/mol. The number of cyclic esters (lactones) is 2. The maximum absolute atomic E-state index is 13.6. The number of esters is 8. The van der Waals surface area contributed by atoms with Gasteiger partial charge in [-0.15, -0.1) is 0 Å². The van der Waals surface area contributed by atoms with Crippen LogP contribution in [0.5, 0.6) is 0 Å². The molecule has 16 nitrogen and oxygen atoms in total. The summed E-state index contributed by atoms with van der Waals surface area (Å²) < 4.78 is 44.0. The Bertz CT molecular complexity index is 1760. The summed E-state index contributed by atoms with van der Waals surface area (Å²) in [7, 11) is 0. The number of ether oxygens (including phenoxy) is 8. The molecule has 4 atom stereocenters. The van der Waals surface area contributed by atoms with E-state index in [9.17, 15) is 38.4 Å². The minimum atomic E-state index is -1.22. The van der Waals surface area contributed by atoms with Crippen molar-refractivity contribution in [2.24, 2.45) is 21.7 Å². The zero-order valence-electron chi connectivity index (χ0n) is 42.4. The molecule has 378 valence electrons. The van der Waals surface area contributed by atoms with E-state index in [4.69, 9.17) is 37.9 Å². The van der Waals surface area contributed by atoms with Crippen LogP contribution in [0.1, 0.15) is 162 Å². The van der Waals surface area contributed by atoms with Crippen LogP contribution in [0.15, 0.2) is 0 Å². The third-order valence-electron chi connectivity index (χ3n) is 10.7. The predicted octanol–water partition coefficient (Wildman–Crippen LogP) is 7.90. The van der Waals surface area contributed by atoms with Crippen LogP contribution in [0.4, 0.5) is 0 Å². The molecule has 2 aliphatic rings. The molecule has 0 spiro atoms. The Morgan fingerprint density at radius 3 is 1.21 bits per heavy atom. The number of hydrogen-bond donors (Lipinski definition) is 0. The number of rotatable bonds is 25. The molecule has 0 amide bonds. The van der Waals surface area contributed by atoms with Crippen molar-refractivity contribution < 1.29 is 76.3 Å². The van der Waals surface area contributed by atoms with Gasteiger partial charge >= 0.3 is 47.8 Å². The van der Waals surface area contributed by atoms with Gasteiger partial charge in [0.1, 0.15) is 22.4 Å². The molecule has 66 heavy (non-hydrogen) atoms. The summed E-state index contributed by atoms with van der Waals surface area (Å²) in [5, 5.41) is 0. The lowest BCUT2D eigenvalue weighted by atomic mass is 9.74. The molecule has 2 saturated heterocycles. The maximum Gasteiger partial charge on any atom is 0.347 e. The molecule has 2 rings (SSSR count). The van der Waals surface area contributed by atoms with Crippen molar-refractivity contribution in [3.05, 3.63) is 0 Å². The minimum Gasteiger partial charge on any atom is -0.463 e. The molecule has 4 unspecified atom stereocenters. The third kappa shape index (κ3) is 20.0. The Hall–Kier alpha value is -3.54. The van der Waals surface area contributed by atoms with E-state index in [1.807, 2.05) is 0 Å². The highest BCUT2D eigenvalue weighted by molar-refractivity contribution is 7.99. The van der Waals surface area contributed by atoms with Crippen molar-refractivity contribution in [1.29, 1.82) is 0 Å². The molecule has 0 aromatic carbocycles. The van der Waals surface area contributed by atoms with Crippen LogP contribution in [0.2, 0.25) is 0 Å². The smallest absolute Gasteiger partial charge is 0.347 e. The fourth-order valence-corrected chi connectivity index (χ4v) is 9.59. The van der Waals surface area contributed by atoms with E-state index in [0.29, 0.717) is 24.3 Å². The van der Waals surface area contributed by atoms with Gasteiger partial charge in [-0.2, -0.15) is 23.5 Å². The fourth-order valence-electron chi connectivity index (χ4n) is 7.33. The second-order valence-electron chi connectivity index (χ2n) is 22.5. The van der Waals surface area contributed by atoms with Gasteiger partial charge in [0.25, 0.3) is 0 Å². The Kier molecular flexibility index (Phi) is 20.6. The Morgan fingerprint density at radius 1 is 0.500 bits per heavy atom. The zero-order valence-corrected chi connectivity index (χ0v) is 44.0.